The highest BCUT2D eigenvalue weighted by Crippen LogP contribution is 2.28. The quantitative estimate of drug-likeness (QED) is 0.215. The molecule has 0 amide bonds. The average Bonchev–Trinajstić information content (AvgIpc) is 2.88. The lowest BCUT2D eigenvalue weighted by Gasteiger charge is -2.10. The van der Waals surface area contributed by atoms with E-state index < -0.39 is 31.7 Å². The molecule has 0 saturated heterocycles. The number of hydrogen-bond acceptors (Lipinski definition) is 13. The van der Waals surface area contributed by atoms with E-state index in [0.717, 1.165) is 4.68 Å². The van der Waals surface area contributed by atoms with E-state index in [9.17, 15) is 16.8 Å². The Kier molecular flexibility index (Phi) is 7.18. The molecule has 2 heterocycles. The third-order valence-electron chi connectivity index (χ3n) is 3.36. The highest BCUT2D eigenvalue weighted by atomic mass is 32.2. The number of aryl methyl sites for hydroxylation is 1. The number of azo groups is 1. The minimum absolute atomic E-state index is 0.0667. The molecule has 0 fully saturated rings. The normalized spacial score (nSPS) is 12.4. The largest absolute Gasteiger partial charge is 0.382 e. The van der Waals surface area contributed by atoms with Crippen LogP contribution >= 0.6 is 0 Å². The minimum Gasteiger partial charge on any atom is -0.382 e. The molecule has 0 aliphatic heterocycles. The van der Waals surface area contributed by atoms with E-state index in [1.807, 2.05) is 0 Å². The summed E-state index contributed by atoms with van der Waals surface area (Å²) in [6.45, 7) is 1.18. The fourth-order valence-electron chi connectivity index (χ4n) is 2.11. The van der Waals surface area contributed by atoms with E-state index in [1.165, 1.54) is 7.05 Å². The van der Waals surface area contributed by atoms with E-state index in [0.29, 0.717) is 11.4 Å². The molecule has 166 valence electrons. The van der Waals surface area contributed by atoms with Crippen LogP contribution in [0.15, 0.2) is 10.2 Å². The van der Waals surface area contributed by atoms with Gasteiger partial charge in [0.05, 0.1) is 17.2 Å². The molecule has 30 heavy (non-hydrogen) atoms. The summed E-state index contributed by atoms with van der Waals surface area (Å²) >= 11 is 0. The molecule has 0 aliphatic rings. The van der Waals surface area contributed by atoms with Crippen LogP contribution < -0.4 is 16.4 Å². The van der Waals surface area contributed by atoms with Gasteiger partial charge in [0.2, 0.25) is 11.9 Å². The second-order valence-corrected chi connectivity index (χ2v) is 8.88. The van der Waals surface area contributed by atoms with Crippen molar-refractivity contribution in [2.45, 2.75) is 6.92 Å². The topological polar surface area (TPSA) is 240 Å². The second kappa shape index (κ2) is 9.24. The summed E-state index contributed by atoms with van der Waals surface area (Å²) < 4.78 is 62.3. The molecule has 6 N–H and O–H groups in total. The number of nitrogens with two attached hydrogens (primary N) is 1. The Morgan fingerprint density at radius 2 is 1.50 bits per heavy atom. The van der Waals surface area contributed by atoms with Gasteiger partial charge >= 0.3 is 0 Å². The van der Waals surface area contributed by atoms with E-state index in [1.54, 1.807) is 6.92 Å². The molecule has 0 aliphatic carbocycles. The van der Waals surface area contributed by atoms with Crippen LogP contribution in [-0.4, -0.2) is 82.3 Å². The first-order valence-corrected chi connectivity index (χ1v) is 11.4. The zero-order valence-corrected chi connectivity index (χ0v) is 17.5. The molecule has 2 rings (SSSR count). The number of nitrogen functional groups attached to an aromatic ring is 1. The van der Waals surface area contributed by atoms with Crippen LogP contribution in [0.3, 0.4) is 0 Å². The van der Waals surface area contributed by atoms with E-state index in [2.05, 4.69) is 40.9 Å². The molecule has 0 atom stereocenters. The predicted molar refractivity (Wildman–Crippen MR) is 106 cm³/mol. The van der Waals surface area contributed by atoms with Crippen molar-refractivity contribution in [3.05, 3.63) is 5.69 Å². The average molecular weight is 464 g/mol. The maximum absolute atomic E-state index is 10.9. The van der Waals surface area contributed by atoms with Gasteiger partial charge in [-0.1, -0.05) is 0 Å². The molecular weight excluding hydrogens is 444 g/mol. The van der Waals surface area contributed by atoms with Gasteiger partial charge in [0.15, 0.2) is 11.5 Å². The monoisotopic (exact) mass is 464 g/mol. The highest BCUT2D eigenvalue weighted by Gasteiger charge is 2.18. The van der Waals surface area contributed by atoms with Crippen molar-refractivity contribution < 1.29 is 25.9 Å². The minimum atomic E-state index is -4.22. The van der Waals surface area contributed by atoms with Gasteiger partial charge in [0, 0.05) is 20.1 Å². The molecule has 0 unspecified atom stereocenters. The SMILES string of the molecule is C/N=N/c1c(C)nn(-c2nc(NCCS(=O)(=O)O)nc(NCCS(=O)(=O)O)n2)c1N. The Balaban J connectivity index is 2.39. The number of rotatable bonds is 10. The molecule has 0 saturated carbocycles. The highest BCUT2D eigenvalue weighted by molar-refractivity contribution is 7.86. The summed E-state index contributed by atoms with van der Waals surface area (Å²) in [5, 5.41) is 16.9. The van der Waals surface area contributed by atoms with Crippen molar-refractivity contribution in [2.24, 2.45) is 10.2 Å². The Morgan fingerprint density at radius 3 is 1.93 bits per heavy atom. The van der Waals surface area contributed by atoms with Crippen LogP contribution in [0.5, 0.6) is 0 Å². The summed E-state index contributed by atoms with van der Waals surface area (Å²) in [5.74, 6) is -1.45. The van der Waals surface area contributed by atoms with Crippen molar-refractivity contribution in [1.82, 2.24) is 24.7 Å². The van der Waals surface area contributed by atoms with Gasteiger partial charge in [-0.3, -0.25) is 9.11 Å². The maximum atomic E-state index is 10.9. The standard InChI is InChI=1S/C12H20N10O6S2/c1-7-8(20-14-2)9(13)22(21-7)12-18-10(15-3-5-29(23,24)25)17-11(19-12)16-4-6-30(26,27)28/h3-6,13H2,1-2H3,(H,23,24,25)(H,26,27,28)(H2,15,16,17,18,19)/b20-14+. The zero-order chi connectivity index (χ0) is 22.5. The van der Waals surface area contributed by atoms with Gasteiger partial charge in [-0.05, 0) is 6.92 Å². The van der Waals surface area contributed by atoms with Gasteiger partial charge in [0.25, 0.3) is 26.2 Å². The lowest BCUT2D eigenvalue weighted by Crippen LogP contribution is -2.20. The Hall–Kier alpha value is -2.96. The van der Waals surface area contributed by atoms with Crippen molar-refractivity contribution in [3.8, 4) is 5.95 Å². The molecule has 0 bridgehead atoms. The second-order valence-electron chi connectivity index (χ2n) is 5.74. The number of anilines is 3. The fourth-order valence-corrected chi connectivity index (χ4v) is 2.83. The van der Waals surface area contributed by atoms with Gasteiger partial charge < -0.3 is 16.4 Å². The van der Waals surface area contributed by atoms with Crippen molar-refractivity contribution >= 4 is 43.6 Å². The fraction of sp³-hybridized carbons (Fsp3) is 0.500. The lowest BCUT2D eigenvalue weighted by molar-refractivity contribution is 0.481. The molecule has 16 nitrogen and oxygen atoms in total. The van der Waals surface area contributed by atoms with Gasteiger partial charge in [-0.2, -0.15) is 51.8 Å². The molecule has 18 heteroatoms. The molecule has 0 aromatic carbocycles. The molecule has 0 spiro atoms. The van der Waals surface area contributed by atoms with Crippen molar-refractivity contribution in [1.29, 1.82) is 0 Å². The molecule has 2 aromatic rings. The number of nitrogens with one attached hydrogen (secondary N) is 2. The van der Waals surface area contributed by atoms with Gasteiger partial charge in [-0.25, -0.2) is 0 Å². The zero-order valence-electron chi connectivity index (χ0n) is 15.9. The van der Waals surface area contributed by atoms with Gasteiger partial charge in [-0.15, -0.1) is 0 Å². The number of nitrogens with zero attached hydrogens (tertiary/aromatic N) is 7. The van der Waals surface area contributed by atoms with Crippen LogP contribution in [0.1, 0.15) is 5.69 Å². The van der Waals surface area contributed by atoms with E-state index in [4.69, 9.17) is 14.8 Å². The third-order valence-corrected chi connectivity index (χ3v) is 4.80. The van der Waals surface area contributed by atoms with Crippen molar-refractivity contribution in [2.75, 3.05) is 48.0 Å². The Morgan fingerprint density at radius 1 is 1.00 bits per heavy atom. The number of hydrogen-bond donors (Lipinski definition) is 5. The predicted octanol–water partition coefficient (Wildman–Crippen LogP) is -0.739. The van der Waals surface area contributed by atoms with Crippen LogP contribution in [0, 0.1) is 6.92 Å². The summed E-state index contributed by atoms with van der Waals surface area (Å²) in [6, 6.07) is 0. The lowest BCUT2D eigenvalue weighted by atomic mass is 10.4. The first kappa shape index (κ1) is 23.3. The van der Waals surface area contributed by atoms with Crippen LogP contribution in [0.4, 0.5) is 23.4 Å². The summed E-state index contributed by atoms with van der Waals surface area (Å²) in [6.07, 6.45) is 0. The molecular formula is C12H20N10O6S2. The smallest absolute Gasteiger partial charge is 0.266 e. The Bertz CT molecular complexity index is 1090. The Labute approximate surface area is 171 Å². The summed E-state index contributed by atoms with van der Waals surface area (Å²) in [5.41, 5.74) is 6.74. The summed E-state index contributed by atoms with van der Waals surface area (Å²) in [4.78, 5) is 12.1. The van der Waals surface area contributed by atoms with E-state index >= 15 is 0 Å². The van der Waals surface area contributed by atoms with Crippen LogP contribution in [0.25, 0.3) is 5.95 Å². The van der Waals surface area contributed by atoms with Crippen molar-refractivity contribution in [3.63, 3.8) is 0 Å². The third kappa shape index (κ3) is 6.83. The summed E-state index contributed by atoms with van der Waals surface area (Å²) in [7, 11) is -6.98. The first-order valence-electron chi connectivity index (χ1n) is 8.19. The maximum Gasteiger partial charge on any atom is 0.266 e. The molecule has 2 aromatic heterocycles. The van der Waals surface area contributed by atoms with Crippen LogP contribution in [0.2, 0.25) is 0 Å². The number of aromatic nitrogens is 5. The first-order chi connectivity index (χ1) is 13.9. The van der Waals surface area contributed by atoms with Crippen LogP contribution in [-0.2, 0) is 20.2 Å². The van der Waals surface area contributed by atoms with E-state index in [-0.39, 0.29) is 36.8 Å². The van der Waals surface area contributed by atoms with Gasteiger partial charge in [0.1, 0.15) is 0 Å². The molecule has 0 radical (unpaired) electrons.